The number of hydrogen-bond donors (Lipinski definition) is 0. The van der Waals surface area contributed by atoms with E-state index in [0.717, 1.165) is 12.5 Å². The number of hydrogen-bond acceptors (Lipinski definition) is 2. The van der Waals surface area contributed by atoms with E-state index < -0.39 is 6.47 Å². The van der Waals surface area contributed by atoms with Gasteiger partial charge in [-0.1, -0.05) is 47.5 Å². The maximum Gasteiger partial charge on any atom is 0.244 e. The molecule has 4 heteroatoms. The molecule has 0 radical (unpaired) electrons. The van der Waals surface area contributed by atoms with E-state index in [1.807, 2.05) is 0 Å². The van der Waals surface area contributed by atoms with Crippen LogP contribution in [0.5, 0.6) is 0 Å². The molecule has 1 heterocycles. The molecule has 0 aliphatic rings. The van der Waals surface area contributed by atoms with Gasteiger partial charge in [0.05, 0.1) is 6.54 Å². The Hall–Kier alpha value is -1.32. The fourth-order valence-electron chi connectivity index (χ4n) is 3.46. The average Bonchev–Trinajstić information content (AvgIpc) is 2.91. The van der Waals surface area contributed by atoms with Crippen LogP contribution in [-0.2, 0) is 16.9 Å². The van der Waals surface area contributed by atoms with Gasteiger partial charge in [0, 0.05) is 6.47 Å². The first kappa shape index (κ1) is 22.7. The van der Waals surface area contributed by atoms with E-state index >= 15 is 0 Å². The van der Waals surface area contributed by atoms with Gasteiger partial charge in [0.2, 0.25) is 6.33 Å². The van der Waals surface area contributed by atoms with Crippen LogP contribution in [-0.4, -0.2) is 11.0 Å². The number of carboxylic acid groups (broad SMARTS) is 1. The molecule has 0 bridgehead atoms. The molecule has 1 unspecified atom stereocenters. The minimum atomic E-state index is -0.500. The molecular formula is C20H38N2O2. The smallest absolute Gasteiger partial charge is 0.244 e. The molecule has 0 saturated heterocycles. The number of carbonyl (C=O) groups excluding carboxylic acids is 1. The highest BCUT2D eigenvalue weighted by Crippen LogP contribution is 2.31. The lowest BCUT2D eigenvalue weighted by Crippen LogP contribution is -2.37. The molecule has 0 N–H and O–H groups in total. The van der Waals surface area contributed by atoms with E-state index in [9.17, 15) is 0 Å². The van der Waals surface area contributed by atoms with Gasteiger partial charge in [-0.05, 0) is 44.4 Å². The zero-order valence-electron chi connectivity index (χ0n) is 16.8. The van der Waals surface area contributed by atoms with Crippen molar-refractivity contribution in [3.8, 4) is 0 Å². The quantitative estimate of drug-likeness (QED) is 0.538. The van der Waals surface area contributed by atoms with E-state index in [-0.39, 0.29) is 5.54 Å². The largest absolute Gasteiger partial charge is 0.554 e. The Morgan fingerprint density at radius 1 is 1.21 bits per heavy atom. The lowest BCUT2D eigenvalue weighted by Gasteiger charge is -2.29. The summed E-state index contributed by atoms with van der Waals surface area (Å²) in [6.45, 7) is 16.9. The molecule has 1 atom stereocenters. The van der Waals surface area contributed by atoms with Crippen LogP contribution in [0.4, 0.5) is 0 Å². The van der Waals surface area contributed by atoms with Gasteiger partial charge in [0.1, 0.15) is 17.9 Å². The van der Waals surface area contributed by atoms with Crippen LogP contribution < -0.4 is 9.67 Å². The standard InChI is InChI=1S/C19H37N2.CH2O2/c1-8-10-11-17(9-2)14-20-12-13-21(16-20)19(6,7)15-18(3,4)5;2-1-3/h12-13,16-17H,8-11,14-15H2,1-7H3;1H,(H,2,3)/q+1;/p-1. The Bertz CT molecular complexity index is 458. The number of aromatic nitrogens is 2. The fourth-order valence-corrected chi connectivity index (χ4v) is 3.46. The number of imidazole rings is 1. The third-order valence-corrected chi connectivity index (χ3v) is 4.37. The lowest BCUT2D eigenvalue weighted by molar-refractivity contribution is -0.703. The number of carbonyl (C=O) groups is 1. The summed E-state index contributed by atoms with van der Waals surface area (Å²) < 4.78 is 4.78. The third-order valence-electron chi connectivity index (χ3n) is 4.37. The first-order valence-electron chi connectivity index (χ1n) is 9.22. The van der Waals surface area contributed by atoms with Crippen molar-refractivity contribution in [2.45, 2.75) is 92.7 Å². The second kappa shape index (κ2) is 10.5. The minimum absolute atomic E-state index is 0.175. The predicted molar refractivity (Wildman–Crippen MR) is 97.4 cm³/mol. The molecule has 1 rings (SSSR count). The van der Waals surface area contributed by atoms with E-state index in [1.165, 1.54) is 32.1 Å². The summed E-state index contributed by atoms with van der Waals surface area (Å²) in [5.74, 6) is 0.816. The van der Waals surface area contributed by atoms with Crippen molar-refractivity contribution in [1.29, 1.82) is 0 Å². The molecule has 1 aromatic heterocycles. The molecule has 140 valence electrons. The highest BCUT2D eigenvalue weighted by Gasteiger charge is 2.31. The Morgan fingerprint density at radius 2 is 1.79 bits per heavy atom. The molecule has 24 heavy (non-hydrogen) atoms. The average molecular weight is 339 g/mol. The van der Waals surface area contributed by atoms with E-state index in [1.54, 1.807) is 0 Å². The monoisotopic (exact) mass is 338 g/mol. The van der Waals surface area contributed by atoms with Crippen molar-refractivity contribution in [2.24, 2.45) is 11.3 Å². The van der Waals surface area contributed by atoms with Gasteiger partial charge < -0.3 is 9.90 Å². The van der Waals surface area contributed by atoms with Crippen molar-refractivity contribution >= 4 is 6.47 Å². The van der Waals surface area contributed by atoms with Crippen LogP contribution >= 0.6 is 0 Å². The van der Waals surface area contributed by atoms with Crippen molar-refractivity contribution in [1.82, 2.24) is 4.57 Å². The number of nitrogens with zero attached hydrogens (tertiary/aromatic N) is 2. The van der Waals surface area contributed by atoms with Crippen LogP contribution in [0.3, 0.4) is 0 Å². The van der Waals surface area contributed by atoms with Gasteiger partial charge in [0.25, 0.3) is 0 Å². The number of unbranched alkanes of at least 4 members (excludes halogenated alkanes) is 1. The molecule has 0 fully saturated rings. The Kier molecular flexibility index (Phi) is 9.95. The maximum atomic E-state index is 8.25. The molecule has 0 saturated carbocycles. The molecule has 0 aliphatic heterocycles. The zero-order valence-corrected chi connectivity index (χ0v) is 16.8. The summed E-state index contributed by atoms with van der Waals surface area (Å²) in [6.07, 6.45) is 13.3. The van der Waals surface area contributed by atoms with Gasteiger partial charge in [-0.3, -0.25) is 0 Å². The van der Waals surface area contributed by atoms with E-state index in [0.29, 0.717) is 5.41 Å². The number of rotatable bonds is 8. The summed E-state index contributed by atoms with van der Waals surface area (Å²) in [5.41, 5.74) is 0.528. The third kappa shape index (κ3) is 9.09. The summed E-state index contributed by atoms with van der Waals surface area (Å²) >= 11 is 0. The van der Waals surface area contributed by atoms with Gasteiger partial charge in [0.15, 0.2) is 0 Å². The van der Waals surface area contributed by atoms with E-state index in [4.69, 9.17) is 9.90 Å². The molecule has 4 nitrogen and oxygen atoms in total. The normalized spacial score (nSPS) is 13.1. The minimum Gasteiger partial charge on any atom is -0.554 e. The second-order valence-electron chi connectivity index (χ2n) is 8.58. The molecule has 0 aliphatic carbocycles. The van der Waals surface area contributed by atoms with Crippen molar-refractivity contribution in [3.63, 3.8) is 0 Å². The van der Waals surface area contributed by atoms with Crippen LogP contribution in [0.1, 0.15) is 80.6 Å². The maximum absolute atomic E-state index is 8.25. The molecule has 1 aromatic rings. The SMILES string of the molecule is CCCCC(CC)C[n+]1ccn(C(C)(C)CC(C)(C)C)c1.O=C[O-]. The first-order valence-corrected chi connectivity index (χ1v) is 9.22. The summed E-state index contributed by atoms with van der Waals surface area (Å²) in [6, 6.07) is 0. The van der Waals surface area contributed by atoms with Gasteiger partial charge >= 0.3 is 0 Å². The highest BCUT2D eigenvalue weighted by molar-refractivity contribution is 5.29. The zero-order chi connectivity index (χ0) is 18.8. The Labute approximate surface area is 148 Å². The van der Waals surface area contributed by atoms with Crippen LogP contribution in [0, 0.1) is 11.3 Å². The topological polar surface area (TPSA) is 48.9 Å². The van der Waals surface area contributed by atoms with Gasteiger partial charge in [-0.15, -0.1) is 0 Å². The summed E-state index contributed by atoms with van der Waals surface area (Å²) in [5, 5.41) is 8.25. The fraction of sp³-hybridized carbons (Fsp3) is 0.800. The van der Waals surface area contributed by atoms with Crippen molar-refractivity contribution in [2.75, 3.05) is 0 Å². The molecule has 0 aromatic carbocycles. The van der Waals surface area contributed by atoms with Gasteiger partial charge in [-0.25, -0.2) is 9.13 Å². The summed E-state index contributed by atoms with van der Waals surface area (Å²) in [7, 11) is 0. The van der Waals surface area contributed by atoms with E-state index in [2.05, 4.69) is 76.3 Å². The first-order chi connectivity index (χ1) is 11.1. The Balaban J connectivity index is 0.00000163. The van der Waals surface area contributed by atoms with Crippen LogP contribution in [0.25, 0.3) is 0 Å². The van der Waals surface area contributed by atoms with Gasteiger partial charge in [-0.2, -0.15) is 0 Å². The Morgan fingerprint density at radius 3 is 2.25 bits per heavy atom. The molecule has 0 amide bonds. The van der Waals surface area contributed by atoms with Crippen LogP contribution in [0.2, 0.25) is 0 Å². The summed E-state index contributed by atoms with van der Waals surface area (Å²) in [4.78, 5) is 8.25. The second-order valence-corrected chi connectivity index (χ2v) is 8.58. The molecule has 0 spiro atoms. The predicted octanol–water partition coefficient (Wildman–Crippen LogP) is 3.53. The van der Waals surface area contributed by atoms with Crippen molar-refractivity contribution in [3.05, 3.63) is 18.7 Å². The lowest BCUT2D eigenvalue weighted by atomic mass is 9.82. The molecular weight excluding hydrogens is 300 g/mol. The van der Waals surface area contributed by atoms with Crippen LogP contribution in [0.15, 0.2) is 18.7 Å². The highest BCUT2D eigenvalue weighted by atomic mass is 16.3. The van der Waals surface area contributed by atoms with Crippen molar-refractivity contribution < 1.29 is 14.5 Å².